The van der Waals surface area contributed by atoms with Gasteiger partial charge < -0.3 is 15.2 Å². The normalized spacial score (nSPS) is 11.4. The highest BCUT2D eigenvalue weighted by molar-refractivity contribution is 6.00. The van der Waals surface area contributed by atoms with Gasteiger partial charge in [-0.15, -0.1) is 0 Å². The Bertz CT molecular complexity index is 781. The largest absolute Gasteiger partial charge is 0.496 e. The molecule has 0 radical (unpaired) electrons. The number of benzene rings is 2. The second-order valence-electron chi connectivity index (χ2n) is 5.53. The fourth-order valence-electron chi connectivity index (χ4n) is 2.59. The topological polar surface area (TPSA) is 75.6 Å². The molecule has 0 bridgehead atoms. The number of carbonyl (C=O) groups excluding carboxylic acids is 1. The molecule has 5 heteroatoms. The van der Waals surface area contributed by atoms with Gasteiger partial charge in [0, 0.05) is 12.5 Å². The van der Waals surface area contributed by atoms with Crippen LogP contribution in [0.5, 0.6) is 5.75 Å². The van der Waals surface area contributed by atoms with Crippen LogP contribution in [0, 0.1) is 0 Å². The molecule has 130 valence electrons. The maximum Gasteiger partial charge on any atom is 0.333 e. The molecule has 0 aliphatic heterocycles. The summed E-state index contributed by atoms with van der Waals surface area (Å²) in [5.74, 6) is -0.894. The predicted molar refractivity (Wildman–Crippen MR) is 96.1 cm³/mol. The number of para-hydroxylation sites is 1. The third-order valence-electron chi connectivity index (χ3n) is 3.74. The SMILES string of the molecule is COc1ccccc1/C(NC(C)=O)=C(\CCc1ccccc1)C(=O)O. The summed E-state index contributed by atoms with van der Waals surface area (Å²) in [5.41, 5.74) is 1.99. The Morgan fingerprint density at radius 3 is 2.28 bits per heavy atom. The van der Waals surface area contributed by atoms with Crippen molar-refractivity contribution in [3.8, 4) is 5.75 Å². The van der Waals surface area contributed by atoms with Gasteiger partial charge in [0.15, 0.2) is 0 Å². The lowest BCUT2D eigenvalue weighted by Gasteiger charge is -2.16. The van der Waals surface area contributed by atoms with Crippen molar-refractivity contribution in [2.45, 2.75) is 19.8 Å². The van der Waals surface area contributed by atoms with Crippen molar-refractivity contribution < 1.29 is 19.4 Å². The standard InChI is InChI=1S/C20H21NO4/c1-14(22)21-19(16-10-6-7-11-18(16)25-2)17(20(23)24)13-12-15-8-4-3-5-9-15/h3-11H,12-13H2,1-2H3,(H,21,22)(H,23,24)/b19-17-. The molecule has 0 fully saturated rings. The molecule has 0 aromatic heterocycles. The van der Waals surface area contributed by atoms with E-state index in [0.717, 1.165) is 5.56 Å². The van der Waals surface area contributed by atoms with Crippen LogP contribution in [0.3, 0.4) is 0 Å². The molecule has 0 atom stereocenters. The number of carbonyl (C=O) groups is 2. The van der Waals surface area contributed by atoms with Gasteiger partial charge in [0.05, 0.1) is 18.4 Å². The fraction of sp³-hybridized carbons (Fsp3) is 0.200. The molecular formula is C20H21NO4. The molecule has 0 saturated heterocycles. The third-order valence-corrected chi connectivity index (χ3v) is 3.74. The molecule has 0 spiro atoms. The minimum atomic E-state index is -1.06. The van der Waals surface area contributed by atoms with Crippen LogP contribution >= 0.6 is 0 Å². The number of nitrogens with one attached hydrogen (secondary N) is 1. The van der Waals surface area contributed by atoms with E-state index in [9.17, 15) is 14.7 Å². The van der Waals surface area contributed by atoms with Gasteiger partial charge in [-0.1, -0.05) is 42.5 Å². The molecule has 25 heavy (non-hydrogen) atoms. The summed E-state index contributed by atoms with van der Waals surface area (Å²) >= 11 is 0. The van der Waals surface area contributed by atoms with E-state index in [1.807, 2.05) is 30.3 Å². The Labute approximate surface area is 146 Å². The van der Waals surface area contributed by atoms with Crippen LogP contribution in [0.4, 0.5) is 0 Å². The first-order valence-corrected chi connectivity index (χ1v) is 7.94. The molecule has 5 nitrogen and oxygen atoms in total. The summed E-state index contributed by atoms with van der Waals surface area (Å²) in [5, 5.41) is 12.4. The highest BCUT2D eigenvalue weighted by atomic mass is 16.5. The Balaban J connectivity index is 2.47. The lowest BCUT2D eigenvalue weighted by Crippen LogP contribution is -2.22. The number of ether oxygens (including phenoxy) is 1. The number of carboxylic acids is 1. The average molecular weight is 339 g/mol. The van der Waals surface area contributed by atoms with Crippen LogP contribution in [-0.4, -0.2) is 24.1 Å². The Morgan fingerprint density at radius 2 is 1.68 bits per heavy atom. The van der Waals surface area contributed by atoms with Crippen molar-refractivity contribution in [3.63, 3.8) is 0 Å². The summed E-state index contributed by atoms with van der Waals surface area (Å²) in [6, 6.07) is 16.6. The maximum absolute atomic E-state index is 11.9. The molecule has 2 rings (SSSR count). The van der Waals surface area contributed by atoms with E-state index >= 15 is 0 Å². The zero-order valence-electron chi connectivity index (χ0n) is 14.3. The maximum atomic E-state index is 11.9. The minimum Gasteiger partial charge on any atom is -0.496 e. The smallest absolute Gasteiger partial charge is 0.333 e. The first-order chi connectivity index (χ1) is 12.0. The van der Waals surface area contributed by atoms with Crippen LogP contribution in [0.2, 0.25) is 0 Å². The molecule has 0 saturated carbocycles. The Morgan fingerprint density at radius 1 is 1.04 bits per heavy atom. The van der Waals surface area contributed by atoms with E-state index in [4.69, 9.17) is 4.74 Å². The predicted octanol–water partition coefficient (Wildman–Crippen LogP) is 3.26. The van der Waals surface area contributed by atoms with Gasteiger partial charge in [-0.25, -0.2) is 4.79 Å². The lowest BCUT2D eigenvalue weighted by atomic mass is 9.99. The average Bonchev–Trinajstić information content (AvgIpc) is 2.61. The van der Waals surface area contributed by atoms with E-state index in [-0.39, 0.29) is 23.6 Å². The number of aryl methyl sites for hydroxylation is 1. The van der Waals surface area contributed by atoms with E-state index in [2.05, 4.69) is 5.32 Å². The van der Waals surface area contributed by atoms with Crippen LogP contribution in [-0.2, 0) is 16.0 Å². The van der Waals surface area contributed by atoms with Crippen molar-refractivity contribution in [2.75, 3.05) is 7.11 Å². The number of methoxy groups -OCH3 is 1. The van der Waals surface area contributed by atoms with E-state index < -0.39 is 5.97 Å². The van der Waals surface area contributed by atoms with Crippen LogP contribution in [0.1, 0.15) is 24.5 Å². The molecule has 2 aromatic rings. The number of carboxylic acid groups (broad SMARTS) is 1. The van der Waals surface area contributed by atoms with Gasteiger partial charge in [-0.2, -0.15) is 0 Å². The summed E-state index contributed by atoms with van der Waals surface area (Å²) in [7, 11) is 1.51. The molecule has 2 N–H and O–H groups in total. The third kappa shape index (κ3) is 4.94. The van der Waals surface area contributed by atoms with Gasteiger partial charge in [-0.3, -0.25) is 4.79 Å². The zero-order chi connectivity index (χ0) is 18.2. The van der Waals surface area contributed by atoms with Gasteiger partial charge >= 0.3 is 5.97 Å². The first-order valence-electron chi connectivity index (χ1n) is 7.94. The van der Waals surface area contributed by atoms with Gasteiger partial charge in [0.1, 0.15) is 5.75 Å². The second-order valence-corrected chi connectivity index (χ2v) is 5.53. The monoisotopic (exact) mass is 339 g/mol. The highest BCUT2D eigenvalue weighted by Crippen LogP contribution is 2.28. The van der Waals surface area contributed by atoms with Crippen LogP contribution in [0.25, 0.3) is 5.70 Å². The second kappa shape index (κ2) is 8.68. The number of aliphatic carboxylic acids is 1. The minimum absolute atomic E-state index is 0.142. The molecule has 1 amide bonds. The Hall–Kier alpha value is -3.08. The molecule has 0 heterocycles. The first kappa shape index (κ1) is 18.3. The number of amides is 1. The van der Waals surface area contributed by atoms with Crippen molar-refractivity contribution in [3.05, 3.63) is 71.3 Å². The Kier molecular flexibility index (Phi) is 6.34. The molecular weight excluding hydrogens is 318 g/mol. The van der Waals surface area contributed by atoms with Crippen molar-refractivity contribution in [1.29, 1.82) is 0 Å². The van der Waals surface area contributed by atoms with Crippen LogP contribution in [0.15, 0.2) is 60.2 Å². The zero-order valence-corrected chi connectivity index (χ0v) is 14.3. The number of hydrogen-bond donors (Lipinski definition) is 2. The molecule has 0 aliphatic rings. The van der Waals surface area contributed by atoms with E-state index in [0.29, 0.717) is 17.7 Å². The molecule has 0 unspecified atom stereocenters. The van der Waals surface area contributed by atoms with Crippen LogP contribution < -0.4 is 10.1 Å². The summed E-state index contributed by atoms with van der Waals surface area (Å²) in [6.45, 7) is 1.35. The summed E-state index contributed by atoms with van der Waals surface area (Å²) in [4.78, 5) is 23.5. The molecule has 0 aliphatic carbocycles. The number of hydrogen-bond acceptors (Lipinski definition) is 3. The molecule has 2 aromatic carbocycles. The van der Waals surface area contributed by atoms with Crippen molar-refractivity contribution in [1.82, 2.24) is 5.32 Å². The van der Waals surface area contributed by atoms with E-state index in [1.165, 1.54) is 14.0 Å². The van der Waals surface area contributed by atoms with Crippen molar-refractivity contribution in [2.24, 2.45) is 0 Å². The highest BCUT2D eigenvalue weighted by Gasteiger charge is 2.20. The van der Waals surface area contributed by atoms with Gasteiger partial charge in [0.25, 0.3) is 0 Å². The van der Waals surface area contributed by atoms with Crippen molar-refractivity contribution >= 4 is 17.6 Å². The summed E-state index contributed by atoms with van der Waals surface area (Å²) < 4.78 is 5.32. The fourth-order valence-corrected chi connectivity index (χ4v) is 2.59. The quantitative estimate of drug-likeness (QED) is 0.759. The summed E-state index contributed by atoms with van der Waals surface area (Å²) in [6.07, 6.45) is 0.841. The lowest BCUT2D eigenvalue weighted by molar-refractivity contribution is -0.132. The van der Waals surface area contributed by atoms with E-state index in [1.54, 1.807) is 24.3 Å². The van der Waals surface area contributed by atoms with Gasteiger partial charge in [0.2, 0.25) is 5.91 Å². The van der Waals surface area contributed by atoms with Gasteiger partial charge in [-0.05, 0) is 30.5 Å². The number of rotatable bonds is 7.